The molecule has 0 heterocycles. The first-order valence-corrected chi connectivity index (χ1v) is 9.44. The van der Waals surface area contributed by atoms with Crippen LogP contribution < -0.4 is 10.0 Å². The van der Waals surface area contributed by atoms with Crippen molar-refractivity contribution in [3.05, 3.63) is 71.6 Å². The van der Waals surface area contributed by atoms with E-state index in [0.29, 0.717) is 5.69 Å². The Morgan fingerprint density at radius 3 is 2.24 bits per heavy atom. The Hall–Kier alpha value is -2.67. The van der Waals surface area contributed by atoms with Gasteiger partial charge in [-0.2, -0.15) is 0 Å². The lowest BCUT2D eigenvalue weighted by Crippen LogP contribution is -2.24. The summed E-state index contributed by atoms with van der Waals surface area (Å²) < 4.78 is 37.5. The number of hydrogen-bond acceptors (Lipinski definition) is 3. The van der Waals surface area contributed by atoms with Gasteiger partial charge >= 0.3 is 0 Å². The van der Waals surface area contributed by atoms with Gasteiger partial charge in [0, 0.05) is 11.8 Å². The second-order valence-corrected chi connectivity index (χ2v) is 7.36. The Bertz CT molecular complexity index is 860. The van der Waals surface area contributed by atoms with E-state index < -0.39 is 10.0 Å². The van der Waals surface area contributed by atoms with E-state index in [-0.39, 0.29) is 17.8 Å². The molecule has 2 N–H and O–H groups in total. The van der Waals surface area contributed by atoms with Crippen molar-refractivity contribution >= 4 is 27.7 Å². The molecule has 2 aromatic carbocycles. The Kier molecular flexibility index (Phi) is 5.93. The fraction of sp³-hybridized carbons (Fsp3) is 0.167. The lowest BCUT2D eigenvalue weighted by atomic mass is 10.1. The third-order valence-electron chi connectivity index (χ3n) is 3.37. The summed E-state index contributed by atoms with van der Waals surface area (Å²) in [4.78, 5) is 12.0. The lowest BCUT2D eigenvalue weighted by molar-refractivity contribution is -0.117. The van der Waals surface area contributed by atoms with Gasteiger partial charge in [-0.1, -0.05) is 24.3 Å². The Morgan fingerprint density at radius 2 is 1.68 bits per heavy atom. The number of nitrogens with one attached hydrogen (secondary N) is 2. The van der Waals surface area contributed by atoms with E-state index in [1.807, 2.05) is 6.92 Å². The zero-order valence-electron chi connectivity index (χ0n) is 13.9. The minimum Gasteiger partial charge on any atom is -0.346 e. The molecule has 0 spiro atoms. The van der Waals surface area contributed by atoms with Crippen LogP contribution in [0.5, 0.6) is 0 Å². The number of benzene rings is 2. The van der Waals surface area contributed by atoms with Crippen LogP contribution in [0.2, 0.25) is 0 Å². The van der Waals surface area contributed by atoms with Crippen molar-refractivity contribution in [1.82, 2.24) is 5.32 Å². The summed E-state index contributed by atoms with van der Waals surface area (Å²) in [6, 6.07) is 12.3. The van der Waals surface area contributed by atoms with Gasteiger partial charge in [-0.3, -0.25) is 9.52 Å². The van der Waals surface area contributed by atoms with Crippen LogP contribution in [-0.2, 0) is 14.8 Å². The third-order valence-corrected chi connectivity index (χ3v) is 3.98. The quantitative estimate of drug-likeness (QED) is 0.776. The smallest absolute Gasteiger partial charge is 0.244 e. The fourth-order valence-electron chi connectivity index (χ4n) is 2.14. The minimum absolute atomic E-state index is 0.251. The van der Waals surface area contributed by atoms with Crippen LogP contribution in [0.25, 0.3) is 6.08 Å². The largest absolute Gasteiger partial charge is 0.346 e. The molecule has 132 valence electrons. The van der Waals surface area contributed by atoms with Gasteiger partial charge in [-0.15, -0.1) is 0 Å². The zero-order chi connectivity index (χ0) is 18.4. The number of amides is 1. The molecule has 7 heteroatoms. The highest BCUT2D eigenvalue weighted by atomic mass is 32.2. The molecule has 0 aliphatic carbocycles. The molecule has 0 bridgehead atoms. The molecule has 1 atom stereocenters. The highest BCUT2D eigenvalue weighted by molar-refractivity contribution is 7.92. The van der Waals surface area contributed by atoms with E-state index in [9.17, 15) is 17.6 Å². The number of carbonyl (C=O) groups is 1. The molecule has 0 radical (unpaired) electrons. The van der Waals surface area contributed by atoms with E-state index in [4.69, 9.17) is 0 Å². The molecule has 0 aliphatic heterocycles. The fourth-order valence-corrected chi connectivity index (χ4v) is 2.71. The lowest BCUT2D eigenvalue weighted by Gasteiger charge is -2.12. The summed E-state index contributed by atoms with van der Waals surface area (Å²) >= 11 is 0. The van der Waals surface area contributed by atoms with Crippen molar-refractivity contribution in [3.63, 3.8) is 0 Å². The molecule has 2 rings (SSSR count). The van der Waals surface area contributed by atoms with Gasteiger partial charge in [0.25, 0.3) is 0 Å². The maximum absolute atomic E-state index is 12.9. The van der Waals surface area contributed by atoms with Gasteiger partial charge in [-0.25, -0.2) is 12.8 Å². The molecular formula is C18H19FN2O3S. The summed E-state index contributed by atoms with van der Waals surface area (Å²) in [5.74, 6) is -0.605. The van der Waals surface area contributed by atoms with Crippen molar-refractivity contribution in [3.8, 4) is 0 Å². The second-order valence-electron chi connectivity index (χ2n) is 5.61. The Morgan fingerprint density at radius 1 is 1.08 bits per heavy atom. The van der Waals surface area contributed by atoms with E-state index in [0.717, 1.165) is 17.4 Å². The van der Waals surface area contributed by atoms with Gasteiger partial charge in [-0.05, 0) is 48.4 Å². The Labute approximate surface area is 146 Å². The Balaban J connectivity index is 1.94. The van der Waals surface area contributed by atoms with Crippen molar-refractivity contribution in [2.45, 2.75) is 13.0 Å². The number of rotatable bonds is 6. The van der Waals surface area contributed by atoms with Gasteiger partial charge < -0.3 is 5.32 Å². The summed E-state index contributed by atoms with van der Waals surface area (Å²) in [6.45, 7) is 1.81. The average molecular weight is 362 g/mol. The van der Waals surface area contributed by atoms with Gasteiger partial charge in [0.2, 0.25) is 15.9 Å². The number of hydrogen-bond donors (Lipinski definition) is 2. The predicted octanol–water partition coefficient (Wildman–Crippen LogP) is 3.09. The van der Waals surface area contributed by atoms with Gasteiger partial charge in [0.15, 0.2) is 0 Å². The SMILES string of the molecule is C[C@H](NC(=O)/C=C\c1ccc(NS(C)(=O)=O)cc1)c1ccc(F)cc1. The first-order valence-electron chi connectivity index (χ1n) is 7.55. The van der Waals surface area contributed by atoms with E-state index in [2.05, 4.69) is 10.0 Å². The molecule has 25 heavy (non-hydrogen) atoms. The first-order chi connectivity index (χ1) is 11.7. The molecule has 5 nitrogen and oxygen atoms in total. The average Bonchev–Trinajstić information content (AvgIpc) is 2.53. The van der Waals surface area contributed by atoms with Crippen LogP contribution in [0, 0.1) is 5.82 Å². The van der Waals surface area contributed by atoms with Crippen molar-refractivity contribution in [2.75, 3.05) is 11.0 Å². The molecular weight excluding hydrogens is 343 g/mol. The van der Waals surface area contributed by atoms with Crippen LogP contribution >= 0.6 is 0 Å². The molecule has 0 saturated heterocycles. The minimum atomic E-state index is -3.31. The number of halogens is 1. The molecule has 2 aromatic rings. The van der Waals surface area contributed by atoms with Gasteiger partial charge in [0.1, 0.15) is 5.82 Å². The summed E-state index contributed by atoms with van der Waals surface area (Å²) in [5, 5.41) is 2.79. The molecule has 0 aliphatic rings. The third kappa shape index (κ3) is 6.39. The first kappa shape index (κ1) is 18.7. The number of carbonyl (C=O) groups excluding carboxylic acids is 1. The number of anilines is 1. The standard InChI is InChI=1S/C18H19FN2O3S/c1-13(15-6-8-16(19)9-7-15)20-18(22)12-5-14-3-10-17(11-4-14)21-25(2,23)24/h3-13,21H,1-2H3,(H,20,22)/b12-5-/t13-/m0/s1. The van der Waals surface area contributed by atoms with E-state index in [1.165, 1.54) is 18.2 Å². The normalized spacial score (nSPS) is 12.8. The van der Waals surface area contributed by atoms with E-state index >= 15 is 0 Å². The topological polar surface area (TPSA) is 75.3 Å². The van der Waals surface area contributed by atoms with Crippen LogP contribution in [0.4, 0.5) is 10.1 Å². The van der Waals surface area contributed by atoms with Gasteiger partial charge in [0.05, 0.1) is 12.3 Å². The second kappa shape index (κ2) is 7.94. The zero-order valence-corrected chi connectivity index (χ0v) is 14.7. The number of sulfonamides is 1. The summed E-state index contributed by atoms with van der Waals surface area (Å²) in [5.41, 5.74) is 2.01. The van der Waals surface area contributed by atoms with Crippen molar-refractivity contribution in [2.24, 2.45) is 0 Å². The van der Waals surface area contributed by atoms with Crippen molar-refractivity contribution in [1.29, 1.82) is 0 Å². The van der Waals surface area contributed by atoms with Crippen LogP contribution in [-0.4, -0.2) is 20.6 Å². The summed E-state index contributed by atoms with van der Waals surface area (Å²) in [6.07, 6.45) is 4.09. The molecule has 0 aromatic heterocycles. The predicted molar refractivity (Wildman–Crippen MR) is 96.9 cm³/mol. The molecule has 0 saturated carbocycles. The molecule has 0 fully saturated rings. The summed E-state index contributed by atoms with van der Waals surface area (Å²) in [7, 11) is -3.31. The maximum Gasteiger partial charge on any atom is 0.244 e. The van der Waals surface area contributed by atoms with Crippen molar-refractivity contribution < 1.29 is 17.6 Å². The highest BCUT2D eigenvalue weighted by Crippen LogP contribution is 2.14. The van der Waals surface area contributed by atoms with Crippen LogP contribution in [0.3, 0.4) is 0 Å². The maximum atomic E-state index is 12.9. The van der Waals surface area contributed by atoms with Crippen LogP contribution in [0.1, 0.15) is 24.1 Å². The molecule has 1 amide bonds. The van der Waals surface area contributed by atoms with E-state index in [1.54, 1.807) is 42.5 Å². The molecule has 0 unspecified atom stereocenters. The monoisotopic (exact) mass is 362 g/mol. The highest BCUT2D eigenvalue weighted by Gasteiger charge is 2.07. The van der Waals surface area contributed by atoms with Crippen LogP contribution in [0.15, 0.2) is 54.6 Å².